The first-order valence-corrected chi connectivity index (χ1v) is 9.74. The Kier molecular flexibility index (Phi) is 4.44. The Labute approximate surface area is 140 Å². The van der Waals surface area contributed by atoms with E-state index >= 15 is 0 Å². The van der Waals surface area contributed by atoms with Crippen molar-refractivity contribution >= 4 is 15.7 Å². The van der Waals surface area contributed by atoms with Crippen LogP contribution in [0.15, 0.2) is 23.5 Å². The van der Waals surface area contributed by atoms with Crippen molar-refractivity contribution in [3.05, 3.63) is 30.1 Å². The van der Waals surface area contributed by atoms with Crippen molar-refractivity contribution in [1.82, 2.24) is 24.6 Å². The first-order chi connectivity index (χ1) is 11.4. The van der Waals surface area contributed by atoms with Crippen molar-refractivity contribution in [3.63, 3.8) is 0 Å². The topological polar surface area (TPSA) is 101 Å². The molecule has 130 valence electrons. The van der Waals surface area contributed by atoms with Crippen LogP contribution in [0, 0.1) is 5.92 Å². The number of hydrogen-bond acceptors (Lipinski definition) is 5. The molecule has 8 nitrogen and oxygen atoms in total. The summed E-state index contributed by atoms with van der Waals surface area (Å²) in [7, 11) is -1.50. The summed E-state index contributed by atoms with van der Waals surface area (Å²) in [5.41, 5.74) is 0.619. The number of nitrogens with one attached hydrogen (secondary N) is 1. The van der Waals surface area contributed by atoms with Crippen molar-refractivity contribution < 1.29 is 13.2 Å². The van der Waals surface area contributed by atoms with E-state index in [-0.39, 0.29) is 16.7 Å². The normalized spacial score (nSPS) is 18.8. The highest BCUT2D eigenvalue weighted by molar-refractivity contribution is 7.90. The number of aryl methyl sites for hydroxylation is 1. The van der Waals surface area contributed by atoms with Gasteiger partial charge in [-0.2, -0.15) is 5.10 Å². The molecule has 3 heterocycles. The molecule has 0 aliphatic carbocycles. The van der Waals surface area contributed by atoms with E-state index in [2.05, 4.69) is 15.2 Å². The number of piperidine rings is 1. The number of sulfone groups is 1. The van der Waals surface area contributed by atoms with Gasteiger partial charge in [0.2, 0.25) is 0 Å². The maximum atomic E-state index is 12.6. The Bertz CT molecular complexity index is 839. The van der Waals surface area contributed by atoms with Crippen LogP contribution in [-0.4, -0.2) is 58.3 Å². The Morgan fingerprint density at radius 3 is 2.92 bits per heavy atom. The first-order valence-electron chi connectivity index (χ1n) is 7.85. The van der Waals surface area contributed by atoms with E-state index in [0.717, 1.165) is 12.8 Å². The Morgan fingerprint density at radius 1 is 1.46 bits per heavy atom. The number of aromatic nitrogens is 4. The highest BCUT2D eigenvalue weighted by Crippen LogP contribution is 2.24. The van der Waals surface area contributed by atoms with Crippen LogP contribution in [-0.2, 0) is 23.3 Å². The summed E-state index contributed by atoms with van der Waals surface area (Å²) < 4.78 is 25.3. The molecule has 0 radical (unpaired) electrons. The maximum absolute atomic E-state index is 12.6. The third-order valence-corrected chi connectivity index (χ3v) is 5.54. The first kappa shape index (κ1) is 16.7. The minimum absolute atomic E-state index is 0.0832. The quantitative estimate of drug-likeness (QED) is 0.871. The predicted molar refractivity (Wildman–Crippen MR) is 87.2 cm³/mol. The number of rotatable bonds is 4. The van der Waals surface area contributed by atoms with Crippen LogP contribution >= 0.6 is 0 Å². The summed E-state index contributed by atoms with van der Waals surface area (Å²) in [4.78, 5) is 18.7. The largest absolute Gasteiger partial charge is 0.336 e. The van der Waals surface area contributed by atoms with Gasteiger partial charge in [-0.3, -0.25) is 9.89 Å². The van der Waals surface area contributed by atoms with E-state index in [9.17, 15) is 13.2 Å². The Morgan fingerprint density at radius 2 is 2.25 bits per heavy atom. The van der Waals surface area contributed by atoms with Gasteiger partial charge in [-0.25, -0.2) is 13.4 Å². The second-order valence-electron chi connectivity index (χ2n) is 6.31. The molecule has 3 rings (SSSR count). The van der Waals surface area contributed by atoms with Crippen molar-refractivity contribution in [3.8, 4) is 0 Å². The molecule has 1 unspecified atom stereocenters. The number of aromatic amines is 1. The lowest BCUT2D eigenvalue weighted by Crippen LogP contribution is -2.41. The van der Waals surface area contributed by atoms with Gasteiger partial charge in [0, 0.05) is 38.8 Å². The molecule has 0 aromatic carbocycles. The van der Waals surface area contributed by atoms with Gasteiger partial charge in [0.25, 0.3) is 5.91 Å². The summed E-state index contributed by atoms with van der Waals surface area (Å²) in [5, 5.41) is 6.65. The molecule has 0 saturated carbocycles. The number of hydrogen-bond donors (Lipinski definition) is 1. The number of H-pyrrole nitrogens is 1. The molecule has 1 amide bonds. The molecule has 0 bridgehead atoms. The van der Waals surface area contributed by atoms with Crippen molar-refractivity contribution in [2.75, 3.05) is 19.3 Å². The number of imidazole rings is 1. The lowest BCUT2D eigenvalue weighted by atomic mass is 9.93. The third-order valence-electron chi connectivity index (χ3n) is 4.39. The third kappa shape index (κ3) is 3.35. The van der Waals surface area contributed by atoms with E-state index in [1.807, 2.05) is 0 Å². The fourth-order valence-corrected chi connectivity index (χ4v) is 4.01. The van der Waals surface area contributed by atoms with Gasteiger partial charge in [0.05, 0.1) is 11.9 Å². The number of amides is 1. The number of nitrogens with zero attached hydrogens (tertiary/aromatic N) is 4. The second kappa shape index (κ2) is 6.39. The molecule has 1 N–H and O–H groups in total. The SMILES string of the molecule is Cn1ccnc1C(=O)N1CCCC(Cc2[nH]ncc2S(C)(=O)=O)C1. The van der Waals surface area contributed by atoms with Crippen LogP contribution in [0.1, 0.15) is 29.2 Å². The standard InChI is InChI=1S/C15H21N5O3S/c1-19-7-5-16-14(19)15(21)20-6-3-4-11(10-20)8-12-13(9-17-18-12)24(2,22)23/h5,7,9,11H,3-4,6,8,10H2,1-2H3,(H,17,18). The Balaban J connectivity index is 1.72. The van der Waals surface area contributed by atoms with Crippen LogP contribution in [0.25, 0.3) is 0 Å². The summed E-state index contributed by atoms with van der Waals surface area (Å²) in [6.45, 7) is 1.29. The van der Waals surface area contributed by atoms with Gasteiger partial charge in [0.15, 0.2) is 15.7 Å². The van der Waals surface area contributed by atoms with Crippen molar-refractivity contribution in [2.24, 2.45) is 13.0 Å². The van der Waals surface area contributed by atoms with Crippen molar-refractivity contribution in [2.45, 2.75) is 24.2 Å². The fourth-order valence-electron chi connectivity index (χ4n) is 3.19. The van der Waals surface area contributed by atoms with Crippen LogP contribution in [0.4, 0.5) is 0 Å². The van der Waals surface area contributed by atoms with Gasteiger partial charge in [-0.15, -0.1) is 0 Å². The minimum Gasteiger partial charge on any atom is -0.336 e. The molecule has 9 heteroatoms. The molecular formula is C15H21N5O3S. The van der Waals surface area contributed by atoms with Gasteiger partial charge in [0.1, 0.15) is 4.90 Å². The Hall–Kier alpha value is -2.16. The molecule has 1 atom stereocenters. The van der Waals surface area contributed by atoms with Gasteiger partial charge in [-0.1, -0.05) is 0 Å². The predicted octanol–water partition coefficient (Wildman–Crippen LogP) is 0.642. The molecular weight excluding hydrogens is 330 g/mol. The fraction of sp³-hybridized carbons (Fsp3) is 0.533. The number of carbonyl (C=O) groups is 1. The zero-order chi connectivity index (χ0) is 17.3. The molecule has 2 aromatic rings. The van der Waals surface area contributed by atoms with Gasteiger partial charge in [-0.05, 0) is 25.2 Å². The number of likely N-dealkylation sites (tertiary alicyclic amines) is 1. The average molecular weight is 351 g/mol. The van der Waals surface area contributed by atoms with Crippen LogP contribution in [0.2, 0.25) is 0 Å². The zero-order valence-corrected chi connectivity index (χ0v) is 14.6. The summed E-state index contributed by atoms with van der Waals surface area (Å²) in [6, 6.07) is 0. The van der Waals surface area contributed by atoms with Gasteiger partial charge >= 0.3 is 0 Å². The van der Waals surface area contributed by atoms with E-state index < -0.39 is 9.84 Å². The molecule has 24 heavy (non-hydrogen) atoms. The van der Waals surface area contributed by atoms with Gasteiger partial charge < -0.3 is 9.47 Å². The zero-order valence-electron chi connectivity index (χ0n) is 13.8. The van der Waals surface area contributed by atoms with E-state index in [0.29, 0.717) is 31.0 Å². The molecule has 1 saturated heterocycles. The minimum atomic E-state index is -3.30. The molecule has 0 spiro atoms. The lowest BCUT2D eigenvalue weighted by Gasteiger charge is -2.32. The highest BCUT2D eigenvalue weighted by Gasteiger charge is 2.28. The van der Waals surface area contributed by atoms with Crippen LogP contribution in [0.3, 0.4) is 0 Å². The van der Waals surface area contributed by atoms with Crippen LogP contribution in [0.5, 0.6) is 0 Å². The molecule has 1 aliphatic heterocycles. The van der Waals surface area contributed by atoms with E-state index in [1.165, 1.54) is 12.5 Å². The smallest absolute Gasteiger partial charge is 0.289 e. The van der Waals surface area contributed by atoms with Crippen LogP contribution < -0.4 is 0 Å². The monoisotopic (exact) mass is 351 g/mol. The average Bonchev–Trinajstić information content (AvgIpc) is 3.15. The number of carbonyl (C=O) groups excluding carboxylic acids is 1. The summed E-state index contributed by atoms with van der Waals surface area (Å²) in [6.07, 6.45) is 8.29. The maximum Gasteiger partial charge on any atom is 0.289 e. The lowest BCUT2D eigenvalue weighted by molar-refractivity contribution is 0.0656. The molecule has 1 fully saturated rings. The highest BCUT2D eigenvalue weighted by atomic mass is 32.2. The summed E-state index contributed by atoms with van der Waals surface area (Å²) in [5.74, 6) is 0.540. The van der Waals surface area contributed by atoms with Crippen molar-refractivity contribution in [1.29, 1.82) is 0 Å². The second-order valence-corrected chi connectivity index (χ2v) is 8.29. The molecule has 1 aliphatic rings. The summed E-state index contributed by atoms with van der Waals surface area (Å²) >= 11 is 0. The molecule has 2 aromatic heterocycles. The van der Waals surface area contributed by atoms with E-state index in [1.54, 1.807) is 28.9 Å². The van der Waals surface area contributed by atoms with E-state index in [4.69, 9.17) is 0 Å².